The van der Waals surface area contributed by atoms with Gasteiger partial charge in [-0.2, -0.15) is 0 Å². The Bertz CT molecular complexity index is 2140. The third-order valence-corrected chi connectivity index (χ3v) is 9.71. The van der Waals surface area contributed by atoms with Crippen LogP contribution in [0.2, 0.25) is 5.02 Å². The maximum absolute atomic E-state index is 15.6. The molecule has 3 aromatic carbocycles. The topological polar surface area (TPSA) is 104 Å². The van der Waals surface area contributed by atoms with E-state index in [4.69, 9.17) is 11.6 Å². The maximum Gasteiger partial charge on any atom is 0.247 e. The smallest absolute Gasteiger partial charge is 0.247 e. The Balaban J connectivity index is 1.07. The number of benzene rings is 3. The molecule has 262 valence electrons. The van der Waals surface area contributed by atoms with Crippen molar-refractivity contribution in [2.24, 2.45) is 0 Å². The van der Waals surface area contributed by atoms with Gasteiger partial charge in [-0.05, 0) is 37.3 Å². The van der Waals surface area contributed by atoms with Gasteiger partial charge < -0.3 is 24.6 Å². The number of amides is 2. The molecule has 2 aliphatic heterocycles. The van der Waals surface area contributed by atoms with Gasteiger partial charge in [-0.1, -0.05) is 41.9 Å². The van der Waals surface area contributed by atoms with E-state index in [-0.39, 0.29) is 36.5 Å². The van der Waals surface area contributed by atoms with Crippen LogP contribution in [0.3, 0.4) is 0 Å². The minimum absolute atomic E-state index is 0.115. The summed E-state index contributed by atoms with van der Waals surface area (Å²) in [7, 11) is 0. The van der Waals surface area contributed by atoms with Crippen molar-refractivity contribution >= 4 is 57.4 Å². The first-order chi connectivity index (χ1) is 24.6. The lowest BCUT2D eigenvalue weighted by molar-refractivity contribution is -0.137. The first-order valence-electron chi connectivity index (χ1n) is 16.5. The summed E-state index contributed by atoms with van der Waals surface area (Å²) < 4.78 is 45.3. The first-order valence-corrected chi connectivity index (χ1v) is 16.8. The van der Waals surface area contributed by atoms with Gasteiger partial charge in [-0.15, -0.1) is 0 Å². The summed E-state index contributed by atoms with van der Waals surface area (Å²) in [6.45, 7) is 3.40. The lowest BCUT2D eigenvalue weighted by Crippen LogP contribution is -2.47. The number of piperazine rings is 1. The summed E-state index contributed by atoms with van der Waals surface area (Å²) in [5.74, 6) is -2.16. The van der Waals surface area contributed by atoms with Crippen molar-refractivity contribution < 1.29 is 27.6 Å². The Morgan fingerprint density at radius 3 is 2.35 bits per heavy atom. The van der Waals surface area contributed by atoms with E-state index in [0.717, 1.165) is 18.1 Å². The van der Waals surface area contributed by atoms with E-state index in [1.54, 1.807) is 47.2 Å². The molecule has 2 fully saturated rings. The van der Waals surface area contributed by atoms with Crippen LogP contribution in [0.1, 0.15) is 23.7 Å². The third kappa shape index (κ3) is 6.85. The number of anilines is 3. The number of likely N-dealkylation sites (tertiary alicyclic amines) is 1. The number of carbonyl (C=O) groups is 3. The molecule has 2 aliphatic rings. The molecule has 10 nitrogen and oxygen atoms in total. The molecule has 5 aromatic rings. The van der Waals surface area contributed by atoms with Crippen molar-refractivity contribution in [2.45, 2.75) is 32.1 Å². The van der Waals surface area contributed by atoms with Crippen molar-refractivity contribution in [3.8, 4) is 11.1 Å². The average molecular weight is 716 g/mol. The largest absolute Gasteiger partial charge is 0.368 e. The molecule has 0 radical (unpaired) electrons. The van der Waals surface area contributed by atoms with Crippen LogP contribution in [-0.4, -0.2) is 82.0 Å². The maximum atomic E-state index is 15.6. The highest BCUT2D eigenvalue weighted by Gasteiger charge is 2.40. The lowest BCUT2D eigenvalue weighted by Gasteiger charge is -2.36. The second-order valence-corrected chi connectivity index (χ2v) is 13.0. The molecule has 7 rings (SSSR count). The zero-order chi connectivity index (χ0) is 35.8. The van der Waals surface area contributed by atoms with Gasteiger partial charge in [0.2, 0.25) is 17.8 Å². The highest BCUT2D eigenvalue weighted by atomic mass is 35.5. The zero-order valence-electron chi connectivity index (χ0n) is 27.5. The van der Waals surface area contributed by atoms with Crippen LogP contribution in [0.25, 0.3) is 22.0 Å². The van der Waals surface area contributed by atoms with Crippen molar-refractivity contribution in [3.63, 3.8) is 0 Å². The number of rotatable bonds is 8. The van der Waals surface area contributed by atoms with Crippen LogP contribution in [0, 0.1) is 11.6 Å². The minimum Gasteiger partial charge on any atom is -0.368 e. The summed E-state index contributed by atoms with van der Waals surface area (Å²) in [4.78, 5) is 53.4. The fourth-order valence-electron chi connectivity index (χ4n) is 6.80. The summed E-state index contributed by atoms with van der Waals surface area (Å²) in [6, 6.07) is 15.7. The van der Waals surface area contributed by atoms with Gasteiger partial charge in [0.1, 0.15) is 18.8 Å². The zero-order valence-corrected chi connectivity index (χ0v) is 28.3. The molecule has 14 heteroatoms. The van der Waals surface area contributed by atoms with Gasteiger partial charge in [0.15, 0.2) is 17.4 Å². The number of alkyl halides is 1. The molecule has 4 heterocycles. The monoisotopic (exact) mass is 715 g/mol. The molecule has 0 unspecified atom stereocenters. The molecule has 2 amide bonds. The van der Waals surface area contributed by atoms with Gasteiger partial charge in [0.25, 0.3) is 0 Å². The van der Waals surface area contributed by atoms with E-state index in [2.05, 4.69) is 20.2 Å². The molecule has 51 heavy (non-hydrogen) atoms. The molecule has 0 aliphatic carbocycles. The number of hydrogen-bond acceptors (Lipinski definition) is 7. The van der Waals surface area contributed by atoms with E-state index in [1.807, 2.05) is 23.1 Å². The van der Waals surface area contributed by atoms with Crippen LogP contribution < -0.4 is 15.1 Å². The quantitative estimate of drug-likeness (QED) is 0.193. The molecule has 2 aromatic heterocycles. The Labute approximate surface area is 296 Å². The number of nitrogens with zero attached hydrogens (tertiary/aromatic N) is 6. The molecule has 0 bridgehead atoms. The summed E-state index contributed by atoms with van der Waals surface area (Å²) in [5.41, 5.74) is 2.46. The molecule has 0 saturated carbocycles. The van der Waals surface area contributed by atoms with Crippen molar-refractivity contribution in [1.82, 2.24) is 19.4 Å². The van der Waals surface area contributed by atoms with Gasteiger partial charge in [0, 0.05) is 77.1 Å². The van der Waals surface area contributed by atoms with E-state index < -0.39 is 35.7 Å². The number of carbonyl (C=O) groups excluding carboxylic acids is 3. The van der Waals surface area contributed by atoms with Gasteiger partial charge in [-0.25, -0.2) is 23.1 Å². The fraction of sp³-hybridized carbons (Fsp3) is 0.270. The van der Waals surface area contributed by atoms with Gasteiger partial charge in [0.05, 0.1) is 24.6 Å². The van der Waals surface area contributed by atoms with Gasteiger partial charge >= 0.3 is 0 Å². The Kier molecular flexibility index (Phi) is 9.38. The summed E-state index contributed by atoms with van der Waals surface area (Å²) in [5, 5.41) is 3.55. The van der Waals surface area contributed by atoms with Crippen molar-refractivity contribution in [1.29, 1.82) is 0 Å². The van der Waals surface area contributed by atoms with E-state index in [0.29, 0.717) is 59.2 Å². The van der Waals surface area contributed by atoms with E-state index in [1.165, 1.54) is 17.9 Å². The van der Waals surface area contributed by atoms with E-state index >= 15 is 4.39 Å². The number of halogens is 4. The molecule has 2 saturated heterocycles. The standard InChI is InChI=1S/C37H33ClF3N7O3/c1-22(49)29-20-47(32-10-9-25(16-28(29)32)45-11-13-46(14-12-45)37-42-17-24(40)18-43-37)21-34(50)48-19-23(39)15-33(48)36(51)44-31-8-4-6-27(35(31)41)26-5-2-3-7-30(26)38/h2-10,16-18,20,23,33H,11-15,19,21H2,1H3,(H,44,51)/t23-,33+/m1/s1. The molecular formula is C37H33ClF3N7O3. The number of hydrogen-bond donors (Lipinski definition) is 1. The van der Waals surface area contributed by atoms with Gasteiger partial charge in [-0.3, -0.25) is 14.4 Å². The lowest BCUT2D eigenvalue weighted by atomic mass is 10.0. The van der Waals surface area contributed by atoms with Crippen LogP contribution in [-0.2, 0) is 16.1 Å². The number of Topliss-reactive ketones (excluding diaryl/α,β-unsaturated/α-hetero) is 1. The number of nitrogens with one attached hydrogen (secondary N) is 1. The number of fused-ring (bicyclic) bond motifs is 1. The predicted molar refractivity (Wildman–Crippen MR) is 189 cm³/mol. The molecular weight excluding hydrogens is 683 g/mol. The van der Waals surface area contributed by atoms with Crippen molar-refractivity contribution in [2.75, 3.05) is 47.8 Å². The molecule has 1 N–H and O–H groups in total. The Hall–Kier alpha value is -5.43. The molecule has 0 spiro atoms. The van der Waals surface area contributed by atoms with Crippen LogP contribution in [0.5, 0.6) is 0 Å². The Morgan fingerprint density at radius 2 is 1.63 bits per heavy atom. The molecule has 2 atom stereocenters. The Morgan fingerprint density at radius 1 is 0.922 bits per heavy atom. The first kappa shape index (κ1) is 34.0. The van der Waals surface area contributed by atoms with Crippen LogP contribution >= 0.6 is 11.6 Å². The predicted octanol–water partition coefficient (Wildman–Crippen LogP) is 6.14. The van der Waals surface area contributed by atoms with Crippen molar-refractivity contribution in [3.05, 3.63) is 101 Å². The van der Waals surface area contributed by atoms with E-state index in [9.17, 15) is 23.2 Å². The summed E-state index contributed by atoms with van der Waals surface area (Å²) in [6.07, 6.45) is 2.20. The SMILES string of the molecule is CC(=O)c1cn(CC(=O)N2C[C@H](F)C[C@H]2C(=O)Nc2cccc(-c3ccccc3Cl)c2F)c2ccc(N3CCN(c4ncc(F)cn4)CC3)cc12. The second kappa shape index (κ2) is 14.1. The number of ketones is 1. The average Bonchev–Trinajstić information content (AvgIpc) is 3.70. The number of aromatic nitrogens is 3. The van der Waals surface area contributed by atoms with Crippen LogP contribution in [0.15, 0.2) is 79.3 Å². The summed E-state index contributed by atoms with van der Waals surface area (Å²) >= 11 is 6.28. The normalized spacial score (nSPS) is 17.6. The van der Waals surface area contributed by atoms with Crippen LogP contribution in [0.4, 0.5) is 30.5 Å². The second-order valence-electron chi connectivity index (χ2n) is 12.6. The highest BCUT2D eigenvalue weighted by molar-refractivity contribution is 6.33. The minimum atomic E-state index is -1.45. The highest BCUT2D eigenvalue weighted by Crippen LogP contribution is 2.34. The fourth-order valence-corrected chi connectivity index (χ4v) is 7.04. The third-order valence-electron chi connectivity index (χ3n) is 9.38.